The highest BCUT2D eigenvalue weighted by atomic mass is 32.2. The number of benzene rings is 1. The van der Waals surface area contributed by atoms with Gasteiger partial charge in [0.15, 0.2) is 11.5 Å². The predicted octanol–water partition coefficient (Wildman–Crippen LogP) is 2.25. The second-order valence-electron chi connectivity index (χ2n) is 5.84. The van der Waals surface area contributed by atoms with Crippen LogP contribution in [0.2, 0.25) is 0 Å². The van der Waals surface area contributed by atoms with Crippen LogP contribution in [-0.2, 0) is 4.79 Å². The highest BCUT2D eigenvalue weighted by Gasteiger charge is 2.31. The third-order valence-corrected chi connectivity index (χ3v) is 5.16. The van der Waals surface area contributed by atoms with Crippen LogP contribution in [0.25, 0.3) is 0 Å². The van der Waals surface area contributed by atoms with Gasteiger partial charge >= 0.3 is 0 Å². The molecule has 1 atom stereocenters. The zero-order valence-corrected chi connectivity index (χ0v) is 14.4. The third kappa shape index (κ3) is 2.77. The minimum atomic E-state index is -0.336. The van der Waals surface area contributed by atoms with Gasteiger partial charge in [-0.05, 0) is 31.5 Å². The summed E-state index contributed by atoms with van der Waals surface area (Å²) in [5.41, 5.74) is 1.07. The smallest absolute Gasteiger partial charge is 0.270 e. The minimum absolute atomic E-state index is 0.000135. The molecule has 7 nitrogen and oxygen atoms in total. The Balaban J connectivity index is 2.17. The van der Waals surface area contributed by atoms with Crippen LogP contribution in [0, 0.1) is 0 Å². The summed E-state index contributed by atoms with van der Waals surface area (Å²) >= 11 is 1.37. The Labute approximate surface area is 143 Å². The number of nitrogens with one attached hydrogen (secondary N) is 2. The molecule has 2 aromatic rings. The molecule has 0 saturated carbocycles. The number of aromatic nitrogens is 2. The van der Waals surface area contributed by atoms with Crippen molar-refractivity contribution in [1.82, 2.24) is 9.78 Å². The van der Waals surface area contributed by atoms with E-state index in [4.69, 9.17) is 4.74 Å². The monoisotopic (exact) mass is 349 g/mol. The second kappa shape index (κ2) is 6.27. The molecular formula is C16H19N3O4S. The fourth-order valence-electron chi connectivity index (χ4n) is 2.75. The number of anilines is 1. The van der Waals surface area contributed by atoms with E-state index >= 15 is 0 Å². The van der Waals surface area contributed by atoms with Gasteiger partial charge in [0.05, 0.1) is 23.7 Å². The van der Waals surface area contributed by atoms with Crippen molar-refractivity contribution in [3.8, 4) is 11.5 Å². The van der Waals surface area contributed by atoms with Crippen LogP contribution in [0.4, 0.5) is 5.82 Å². The Kier molecular flexibility index (Phi) is 4.31. The maximum atomic E-state index is 12.5. The van der Waals surface area contributed by atoms with Crippen molar-refractivity contribution in [2.75, 3.05) is 18.2 Å². The average molecular weight is 349 g/mol. The normalized spacial score (nSPS) is 17.3. The molecule has 1 unspecified atom stereocenters. The number of phenolic OH excluding ortho intramolecular Hbond substituents is 1. The summed E-state index contributed by atoms with van der Waals surface area (Å²) in [4.78, 5) is 24.6. The van der Waals surface area contributed by atoms with Gasteiger partial charge in [-0.1, -0.05) is 6.07 Å². The zero-order valence-electron chi connectivity index (χ0n) is 13.6. The molecule has 0 bridgehead atoms. The Hall–Kier alpha value is -2.35. The van der Waals surface area contributed by atoms with Crippen LogP contribution in [0.15, 0.2) is 23.0 Å². The maximum Gasteiger partial charge on any atom is 0.270 e. The van der Waals surface area contributed by atoms with E-state index in [0.717, 1.165) is 5.56 Å². The van der Waals surface area contributed by atoms with Gasteiger partial charge in [-0.3, -0.25) is 19.4 Å². The molecule has 2 heterocycles. The molecule has 1 amide bonds. The first-order valence-electron chi connectivity index (χ1n) is 7.55. The van der Waals surface area contributed by atoms with Crippen LogP contribution in [0.3, 0.4) is 0 Å². The van der Waals surface area contributed by atoms with Crippen molar-refractivity contribution in [3.05, 3.63) is 39.7 Å². The number of aromatic amines is 1. The lowest BCUT2D eigenvalue weighted by atomic mass is 10.1. The number of hydrogen-bond donors (Lipinski definition) is 3. The first-order valence-corrected chi connectivity index (χ1v) is 8.60. The Morgan fingerprint density at radius 2 is 2.12 bits per heavy atom. The number of amides is 1. The molecule has 1 aliphatic rings. The number of phenols is 1. The lowest BCUT2D eigenvalue weighted by Gasteiger charge is -2.16. The molecule has 128 valence electrons. The van der Waals surface area contributed by atoms with Gasteiger partial charge in [0, 0.05) is 6.04 Å². The molecule has 1 aromatic carbocycles. The number of carbonyl (C=O) groups excluding carboxylic acids is 1. The Morgan fingerprint density at radius 1 is 1.38 bits per heavy atom. The molecule has 1 aromatic heterocycles. The first-order chi connectivity index (χ1) is 11.4. The number of carbonyl (C=O) groups is 1. The van der Waals surface area contributed by atoms with Crippen LogP contribution in [0.1, 0.15) is 36.3 Å². The number of ether oxygens (including phenoxy) is 1. The summed E-state index contributed by atoms with van der Waals surface area (Å²) < 4.78 is 6.83. The van der Waals surface area contributed by atoms with E-state index in [1.807, 2.05) is 13.8 Å². The number of rotatable bonds is 3. The molecule has 24 heavy (non-hydrogen) atoms. The van der Waals surface area contributed by atoms with Crippen molar-refractivity contribution < 1.29 is 14.6 Å². The van der Waals surface area contributed by atoms with E-state index in [2.05, 4.69) is 10.4 Å². The fraction of sp³-hybridized carbons (Fsp3) is 0.375. The van der Waals surface area contributed by atoms with E-state index in [0.29, 0.717) is 17.1 Å². The summed E-state index contributed by atoms with van der Waals surface area (Å²) in [6, 6.07) is 4.96. The predicted molar refractivity (Wildman–Crippen MR) is 93.0 cm³/mol. The highest BCUT2D eigenvalue weighted by Crippen LogP contribution is 2.42. The number of fused-ring (bicyclic) bond motifs is 1. The molecule has 0 spiro atoms. The van der Waals surface area contributed by atoms with Gasteiger partial charge in [-0.2, -0.15) is 0 Å². The molecule has 0 saturated heterocycles. The van der Waals surface area contributed by atoms with Gasteiger partial charge in [0.1, 0.15) is 5.82 Å². The van der Waals surface area contributed by atoms with Gasteiger partial charge in [-0.25, -0.2) is 0 Å². The standard InChI is InChI=1S/C16H19N3O4S/c1-8(2)19-15-13(16(22)18-19)14(24-7-12(21)17-15)9-4-5-10(20)11(6-9)23-3/h4-6,8,14,20H,7H2,1-3H3,(H,17,21)(H,18,22). The van der Waals surface area contributed by atoms with Crippen LogP contribution >= 0.6 is 11.8 Å². The largest absolute Gasteiger partial charge is 0.504 e. The molecule has 8 heteroatoms. The zero-order chi connectivity index (χ0) is 17.4. The number of nitrogens with zero attached hydrogens (tertiary/aromatic N) is 1. The molecule has 0 radical (unpaired) electrons. The van der Waals surface area contributed by atoms with E-state index in [1.54, 1.807) is 16.8 Å². The van der Waals surface area contributed by atoms with Gasteiger partial charge in [0.2, 0.25) is 5.91 Å². The second-order valence-corrected chi connectivity index (χ2v) is 6.93. The van der Waals surface area contributed by atoms with Gasteiger partial charge < -0.3 is 15.2 Å². The molecule has 1 aliphatic heterocycles. The van der Waals surface area contributed by atoms with Crippen LogP contribution in [-0.4, -0.2) is 33.7 Å². The van der Waals surface area contributed by atoms with Gasteiger partial charge in [0.25, 0.3) is 5.56 Å². The quantitative estimate of drug-likeness (QED) is 0.790. The summed E-state index contributed by atoms with van der Waals surface area (Å²) in [5.74, 6) is 0.950. The topological polar surface area (TPSA) is 96.4 Å². The first kappa shape index (κ1) is 16.5. The number of H-pyrrole nitrogens is 1. The molecule has 0 aliphatic carbocycles. The summed E-state index contributed by atoms with van der Waals surface area (Å²) in [6.45, 7) is 3.86. The number of methoxy groups -OCH3 is 1. The van der Waals surface area contributed by atoms with Gasteiger partial charge in [-0.15, -0.1) is 11.8 Å². The summed E-state index contributed by atoms with van der Waals surface area (Å²) in [5, 5.41) is 15.1. The Bertz CT molecular complexity index is 840. The summed E-state index contributed by atoms with van der Waals surface area (Å²) in [6.07, 6.45) is 0. The minimum Gasteiger partial charge on any atom is -0.504 e. The summed E-state index contributed by atoms with van der Waals surface area (Å²) in [7, 11) is 1.47. The van der Waals surface area contributed by atoms with Crippen LogP contribution in [0.5, 0.6) is 11.5 Å². The molecule has 3 N–H and O–H groups in total. The average Bonchev–Trinajstić information content (AvgIpc) is 2.75. The fourth-order valence-corrected chi connectivity index (χ4v) is 3.87. The van der Waals surface area contributed by atoms with E-state index in [1.165, 1.54) is 24.9 Å². The van der Waals surface area contributed by atoms with Crippen molar-refractivity contribution >= 4 is 23.5 Å². The van der Waals surface area contributed by atoms with E-state index in [9.17, 15) is 14.7 Å². The maximum absolute atomic E-state index is 12.5. The van der Waals surface area contributed by atoms with Crippen molar-refractivity contribution in [2.24, 2.45) is 0 Å². The van der Waals surface area contributed by atoms with Crippen molar-refractivity contribution in [3.63, 3.8) is 0 Å². The highest BCUT2D eigenvalue weighted by molar-refractivity contribution is 8.00. The molecule has 0 fully saturated rings. The number of aromatic hydroxyl groups is 1. The number of thioether (sulfide) groups is 1. The van der Waals surface area contributed by atoms with Crippen molar-refractivity contribution in [2.45, 2.75) is 25.1 Å². The lowest BCUT2D eigenvalue weighted by Crippen LogP contribution is -2.17. The Morgan fingerprint density at radius 3 is 2.79 bits per heavy atom. The van der Waals surface area contributed by atoms with E-state index < -0.39 is 0 Å². The van der Waals surface area contributed by atoms with E-state index in [-0.39, 0.29) is 34.3 Å². The number of hydrogen-bond acceptors (Lipinski definition) is 5. The van der Waals surface area contributed by atoms with Crippen LogP contribution < -0.4 is 15.6 Å². The molecular weight excluding hydrogens is 330 g/mol. The SMILES string of the molecule is COc1cc(C2SCC(=O)Nc3c2c(=O)[nH]n3C(C)C)ccc1O. The molecule has 3 rings (SSSR count). The third-order valence-electron chi connectivity index (χ3n) is 3.89. The lowest BCUT2D eigenvalue weighted by molar-refractivity contribution is -0.113. The van der Waals surface area contributed by atoms with Crippen molar-refractivity contribution in [1.29, 1.82) is 0 Å².